The number of ketones is 1. The van der Waals surface area contributed by atoms with E-state index < -0.39 is 0 Å². The SMILES string of the molecule is NCCc1ccccc1-c1ccc(C(=O)c2cccc(Br)c2)cc1. The van der Waals surface area contributed by atoms with Gasteiger partial charge in [0.05, 0.1) is 0 Å². The molecule has 0 radical (unpaired) electrons. The molecular formula is C21H18BrNO. The standard InChI is InChI=1S/C21H18BrNO/c22-19-6-3-5-18(14-19)21(24)17-10-8-16(9-11-17)20-7-2-1-4-15(20)12-13-23/h1-11,14H,12-13,23H2. The van der Waals surface area contributed by atoms with E-state index in [-0.39, 0.29) is 5.78 Å². The van der Waals surface area contributed by atoms with Gasteiger partial charge in [0.2, 0.25) is 0 Å². The first kappa shape index (κ1) is 16.6. The summed E-state index contributed by atoms with van der Waals surface area (Å²) in [5, 5.41) is 0. The van der Waals surface area contributed by atoms with Gasteiger partial charge in [-0.25, -0.2) is 0 Å². The highest BCUT2D eigenvalue weighted by Crippen LogP contribution is 2.25. The van der Waals surface area contributed by atoms with Gasteiger partial charge < -0.3 is 5.73 Å². The second-order valence-electron chi connectivity index (χ2n) is 5.61. The Morgan fingerprint density at radius 2 is 1.62 bits per heavy atom. The molecule has 2 nitrogen and oxygen atoms in total. The Bertz CT molecular complexity index is 856. The van der Waals surface area contributed by atoms with E-state index in [0.29, 0.717) is 17.7 Å². The molecule has 0 atom stereocenters. The molecule has 2 N–H and O–H groups in total. The third-order valence-electron chi connectivity index (χ3n) is 3.98. The van der Waals surface area contributed by atoms with Crippen LogP contribution < -0.4 is 5.73 Å². The Morgan fingerprint density at radius 3 is 2.33 bits per heavy atom. The van der Waals surface area contributed by atoms with Gasteiger partial charge in [0.25, 0.3) is 0 Å². The van der Waals surface area contributed by atoms with Crippen LogP contribution in [0.15, 0.2) is 77.3 Å². The number of rotatable bonds is 5. The summed E-state index contributed by atoms with van der Waals surface area (Å²) in [7, 11) is 0. The van der Waals surface area contributed by atoms with Crippen molar-refractivity contribution in [1.82, 2.24) is 0 Å². The van der Waals surface area contributed by atoms with Gasteiger partial charge in [0.1, 0.15) is 0 Å². The quantitative estimate of drug-likeness (QED) is 0.643. The molecule has 0 spiro atoms. The van der Waals surface area contributed by atoms with E-state index in [2.05, 4.69) is 28.1 Å². The van der Waals surface area contributed by atoms with Crippen molar-refractivity contribution in [2.24, 2.45) is 5.73 Å². The predicted octanol–water partition coefficient (Wildman–Crippen LogP) is 4.85. The maximum Gasteiger partial charge on any atom is 0.193 e. The van der Waals surface area contributed by atoms with Crippen LogP contribution in [0.5, 0.6) is 0 Å². The number of hydrogen-bond donors (Lipinski definition) is 1. The van der Waals surface area contributed by atoms with Crippen molar-refractivity contribution >= 4 is 21.7 Å². The van der Waals surface area contributed by atoms with E-state index in [4.69, 9.17) is 5.73 Å². The lowest BCUT2D eigenvalue weighted by Gasteiger charge is -2.09. The smallest absolute Gasteiger partial charge is 0.193 e. The van der Waals surface area contributed by atoms with E-state index in [0.717, 1.165) is 16.5 Å². The van der Waals surface area contributed by atoms with Crippen molar-refractivity contribution in [3.63, 3.8) is 0 Å². The van der Waals surface area contributed by atoms with Crippen LogP contribution in [0.2, 0.25) is 0 Å². The summed E-state index contributed by atoms with van der Waals surface area (Å²) in [4.78, 5) is 12.6. The van der Waals surface area contributed by atoms with Crippen molar-refractivity contribution in [2.75, 3.05) is 6.54 Å². The summed E-state index contributed by atoms with van der Waals surface area (Å²) in [6.45, 7) is 0.621. The van der Waals surface area contributed by atoms with Crippen molar-refractivity contribution in [3.05, 3.63) is 94.0 Å². The van der Waals surface area contributed by atoms with E-state index in [1.165, 1.54) is 11.1 Å². The van der Waals surface area contributed by atoms with Crippen molar-refractivity contribution in [3.8, 4) is 11.1 Å². The maximum absolute atomic E-state index is 12.6. The molecule has 3 aromatic rings. The number of benzene rings is 3. The number of halogens is 1. The van der Waals surface area contributed by atoms with E-state index >= 15 is 0 Å². The Hall–Kier alpha value is -2.23. The molecule has 3 aromatic carbocycles. The Morgan fingerprint density at radius 1 is 0.875 bits per heavy atom. The summed E-state index contributed by atoms with van der Waals surface area (Å²) in [5.41, 5.74) is 10.6. The van der Waals surface area contributed by atoms with Crippen molar-refractivity contribution in [2.45, 2.75) is 6.42 Å². The lowest BCUT2D eigenvalue weighted by molar-refractivity contribution is 0.103. The first-order valence-electron chi connectivity index (χ1n) is 7.87. The molecule has 0 aliphatic rings. The number of carbonyl (C=O) groups excluding carboxylic acids is 1. The fourth-order valence-corrected chi connectivity index (χ4v) is 3.17. The van der Waals surface area contributed by atoms with Crippen LogP contribution in [0, 0.1) is 0 Å². The summed E-state index contributed by atoms with van der Waals surface area (Å²) in [6, 6.07) is 23.5. The molecule has 120 valence electrons. The lowest BCUT2D eigenvalue weighted by atomic mass is 9.95. The van der Waals surface area contributed by atoms with Crippen LogP contribution in [-0.4, -0.2) is 12.3 Å². The first-order chi connectivity index (χ1) is 11.7. The predicted molar refractivity (Wildman–Crippen MR) is 102 cm³/mol. The minimum atomic E-state index is 0.0260. The van der Waals surface area contributed by atoms with Crippen molar-refractivity contribution in [1.29, 1.82) is 0 Å². The fourth-order valence-electron chi connectivity index (χ4n) is 2.77. The third-order valence-corrected chi connectivity index (χ3v) is 4.47. The van der Waals surface area contributed by atoms with Crippen LogP contribution in [0.4, 0.5) is 0 Å². The molecule has 0 aliphatic carbocycles. The largest absolute Gasteiger partial charge is 0.330 e. The Balaban J connectivity index is 1.90. The van der Waals surface area contributed by atoms with Gasteiger partial charge in [-0.2, -0.15) is 0 Å². The highest BCUT2D eigenvalue weighted by Gasteiger charge is 2.10. The molecule has 3 rings (SSSR count). The fraction of sp³-hybridized carbons (Fsp3) is 0.0952. The highest BCUT2D eigenvalue weighted by atomic mass is 79.9. The summed E-state index contributed by atoms with van der Waals surface area (Å²) in [6.07, 6.45) is 0.842. The Kier molecular flexibility index (Phi) is 5.24. The van der Waals surface area contributed by atoms with Gasteiger partial charge >= 0.3 is 0 Å². The van der Waals surface area contributed by atoms with Crippen LogP contribution in [0.1, 0.15) is 21.5 Å². The molecule has 0 saturated carbocycles. The van der Waals surface area contributed by atoms with Crippen LogP contribution >= 0.6 is 15.9 Å². The monoisotopic (exact) mass is 379 g/mol. The van der Waals surface area contributed by atoms with Crippen LogP contribution in [0.25, 0.3) is 11.1 Å². The second-order valence-corrected chi connectivity index (χ2v) is 6.53. The number of nitrogens with two attached hydrogens (primary N) is 1. The molecule has 0 amide bonds. The molecule has 0 aromatic heterocycles. The molecular weight excluding hydrogens is 362 g/mol. The van der Waals surface area contributed by atoms with E-state index in [9.17, 15) is 4.79 Å². The summed E-state index contributed by atoms with van der Waals surface area (Å²) in [5.74, 6) is 0.0260. The van der Waals surface area contributed by atoms with E-state index in [1.54, 1.807) is 0 Å². The van der Waals surface area contributed by atoms with Gasteiger partial charge in [0.15, 0.2) is 5.78 Å². The van der Waals surface area contributed by atoms with Gasteiger partial charge in [-0.1, -0.05) is 76.6 Å². The first-order valence-corrected chi connectivity index (χ1v) is 8.67. The normalized spacial score (nSPS) is 10.6. The average molecular weight is 380 g/mol. The van der Waals surface area contributed by atoms with Gasteiger partial charge in [0, 0.05) is 15.6 Å². The third kappa shape index (κ3) is 3.64. The molecule has 0 saturated heterocycles. The Labute approximate surface area is 150 Å². The second kappa shape index (κ2) is 7.56. The average Bonchev–Trinajstić information content (AvgIpc) is 2.62. The summed E-state index contributed by atoms with van der Waals surface area (Å²) >= 11 is 3.41. The van der Waals surface area contributed by atoms with E-state index in [1.807, 2.05) is 60.7 Å². The molecule has 0 bridgehead atoms. The number of carbonyl (C=O) groups is 1. The molecule has 0 heterocycles. The molecule has 24 heavy (non-hydrogen) atoms. The van der Waals surface area contributed by atoms with Crippen LogP contribution in [-0.2, 0) is 6.42 Å². The number of hydrogen-bond acceptors (Lipinski definition) is 2. The minimum absolute atomic E-state index is 0.0260. The zero-order valence-electron chi connectivity index (χ0n) is 13.2. The van der Waals surface area contributed by atoms with Gasteiger partial charge in [-0.15, -0.1) is 0 Å². The molecule has 0 unspecified atom stereocenters. The lowest BCUT2D eigenvalue weighted by Crippen LogP contribution is -2.04. The van der Waals surface area contributed by atoms with Crippen molar-refractivity contribution < 1.29 is 4.79 Å². The zero-order chi connectivity index (χ0) is 16.9. The van der Waals surface area contributed by atoms with Gasteiger partial charge in [-0.3, -0.25) is 4.79 Å². The minimum Gasteiger partial charge on any atom is -0.330 e. The molecule has 3 heteroatoms. The molecule has 0 aliphatic heterocycles. The van der Waals surface area contributed by atoms with Crippen LogP contribution in [0.3, 0.4) is 0 Å². The zero-order valence-corrected chi connectivity index (χ0v) is 14.8. The topological polar surface area (TPSA) is 43.1 Å². The van der Waals surface area contributed by atoms with Gasteiger partial charge in [-0.05, 0) is 41.8 Å². The highest BCUT2D eigenvalue weighted by molar-refractivity contribution is 9.10. The maximum atomic E-state index is 12.6. The molecule has 0 fully saturated rings. The summed E-state index contributed by atoms with van der Waals surface area (Å²) < 4.78 is 0.903.